The molecule has 10 nitrogen and oxygen atoms in total. The Labute approximate surface area is 117 Å². The minimum Gasteiger partial charge on any atom is -0.481 e. The SMILES string of the molecule is O=C1COc2cc([N+](=O)[O-])c(NCc3ncon3)cc2N1. The summed E-state index contributed by atoms with van der Waals surface area (Å²) in [4.78, 5) is 25.6. The van der Waals surface area contributed by atoms with E-state index < -0.39 is 4.92 Å². The van der Waals surface area contributed by atoms with Gasteiger partial charge in [-0.3, -0.25) is 14.9 Å². The summed E-state index contributed by atoms with van der Waals surface area (Å²) in [6.07, 6.45) is 1.16. The summed E-state index contributed by atoms with van der Waals surface area (Å²) in [7, 11) is 0. The highest BCUT2D eigenvalue weighted by Crippen LogP contribution is 2.37. The summed E-state index contributed by atoms with van der Waals surface area (Å²) in [6.45, 7) is -0.0231. The molecule has 0 unspecified atom stereocenters. The van der Waals surface area contributed by atoms with Gasteiger partial charge in [-0.05, 0) is 6.07 Å². The smallest absolute Gasteiger partial charge is 0.296 e. The standard InChI is InChI=1S/C11H9N5O5/c17-11-4-20-9-2-8(16(18)19)6(1-7(9)14-11)12-3-10-13-5-21-15-10/h1-2,5,12H,3-4H2,(H,14,17). The van der Waals surface area contributed by atoms with Gasteiger partial charge in [0, 0.05) is 0 Å². The zero-order valence-corrected chi connectivity index (χ0v) is 10.5. The largest absolute Gasteiger partial charge is 0.481 e. The summed E-state index contributed by atoms with van der Waals surface area (Å²) >= 11 is 0. The predicted molar refractivity (Wildman–Crippen MR) is 68.8 cm³/mol. The van der Waals surface area contributed by atoms with Crippen molar-refractivity contribution in [3.63, 3.8) is 0 Å². The Hall–Kier alpha value is -3.17. The van der Waals surface area contributed by atoms with Gasteiger partial charge in [-0.2, -0.15) is 4.98 Å². The predicted octanol–water partition coefficient (Wildman–Crippen LogP) is 0.921. The van der Waals surface area contributed by atoms with Crippen molar-refractivity contribution in [3.05, 3.63) is 34.5 Å². The van der Waals surface area contributed by atoms with Gasteiger partial charge in [-0.15, -0.1) is 0 Å². The Morgan fingerprint density at radius 2 is 2.33 bits per heavy atom. The zero-order chi connectivity index (χ0) is 14.8. The molecule has 2 aromatic rings. The number of nitrogens with one attached hydrogen (secondary N) is 2. The number of aromatic nitrogens is 2. The van der Waals surface area contributed by atoms with E-state index in [1.165, 1.54) is 12.1 Å². The lowest BCUT2D eigenvalue weighted by atomic mass is 10.2. The Balaban J connectivity index is 1.91. The molecule has 0 saturated carbocycles. The molecule has 1 aromatic carbocycles. The first-order valence-electron chi connectivity index (χ1n) is 5.87. The van der Waals surface area contributed by atoms with Crippen LogP contribution in [0.3, 0.4) is 0 Å². The molecule has 0 fully saturated rings. The number of carbonyl (C=O) groups excluding carboxylic acids is 1. The number of hydrogen-bond donors (Lipinski definition) is 2. The number of nitrogens with zero attached hydrogens (tertiary/aromatic N) is 3. The van der Waals surface area contributed by atoms with Crippen LogP contribution in [0.15, 0.2) is 23.0 Å². The maximum atomic E-state index is 11.3. The van der Waals surface area contributed by atoms with Gasteiger partial charge in [0.25, 0.3) is 11.6 Å². The third-order valence-corrected chi connectivity index (χ3v) is 2.77. The maximum Gasteiger partial charge on any atom is 0.296 e. The molecule has 1 amide bonds. The molecule has 0 spiro atoms. The lowest BCUT2D eigenvalue weighted by molar-refractivity contribution is -0.384. The van der Waals surface area contributed by atoms with E-state index in [-0.39, 0.29) is 36.2 Å². The van der Waals surface area contributed by atoms with E-state index in [9.17, 15) is 14.9 Å². The Kier molecular flexibility index (Phi) is 3.10. The van der Waals surface area contributed by atoms with Gasteiger partial charge in [0.1, 0.15) is 5.69 Å². The van der Waals surface area contributed by atoms with Gasteiger partial charge >= 0.3 is 0 Å². The number of anilines is 2. The highest BCUT2D eigenvalue weighted by molar-refractivity contribution is 5.96. The van der Waals surface area contributed by atoms with E-state index in [0.717, 1.165) is 6.39 Å². The summed E-state index contributed by atoms with van der Waals surface area (Å²) in [5.74, 6) is 0.286. The topological polar surface area (TPSA) is 132 Å². The van der Waals surface area contributed by atoms with Crippen LogP contribution in [-0.2, 0) is 11.3 Å². The first-order chi connectivity index (χ1) is 10.1. The normalized spacial score (nSPS) is 13.0. The minimum atomic E-state index is -0.543. The molecular formula is C11H9N5O5. The Bertz CT molecular complexity index is 699. The van der Waals surface area contributed by atoms with Crippen molar-refractivity contribution in [2.24, 2.45) is 0 Å². The summed E-state index contributed by atoms with van der Waals surface area (Å²) in [6, 6.07) is 2.69. The first kappa shape index (κ1) is 12.8. The summed E-state index contributed by atoms with van der Waals surface area (Å²) < 4.78 is 9.72. The van der Waals surface area contributed by atoms with Crippen LogP contribution < -0.4 is 15.4 Å². The van der Waals surface area contributed by atoms with E-state index in [2.05, 4.69) is 25.3 Å². The Morgan fingerprint density at radius 1 is 1.48 bits per heavy atom. The fourth-order valence-electron chi connectivity index (χ4n) is 1.85. The molecule has 1 aromatic heterocycles. The molecule has 0 atom stereocenters. The van der Waals surface area contributed by atoms with Crippen molar-refractivity contribution in [3.8, 4) is 5.75 Å². The number of hydrogen-bond acceptors (Lipinski definition) is 8. The molecule has 21 heavy (non-hydrogen) atoms. The number of ether oxygens (including phenoxy) is 1. The van der Waals surface area contributed by atoms with E-state index in [1.54, 1.807) is 0 Å². The van der Waals surface area contributed by atoms with Crippen molar-refractivity contribution in [2.45, 2.75) is 6.54 Å². The van der Waals surface area contributed by atoms with E-state index in [0.29, 0.717) is 11.5 Å². The second kappa shape index (κ2) is 5.07. The van der Waals surface area contributed by atoms with Gasteiger partial charge in [-0.25, -0.2) is 0 Å². The van der Waals surface area contributed by atoms with E-state index in [1.807, 2.05) is 0 Å². The molecule has 0 radical (unpaired) electrons. The molecular weight excluding hydrogens is 282 g/mol. The fourth-order valence-corrected chi connectivity index (χ4v) is 1.85. The highest BCUT2D eigenvalue weighted by atomic mass is 16.6. The average Bonchev–Trinajstić information content (AvgIpc) is 2.97. The highest BCUT2D eigenvalue weighted by Gasteiger charge is 2.23. The van der Waals surface area contributed by atoms with Gasteiger partial charge in [0.05, 0.1) is 23.2 Å². The number of carbonyl (C=O) groups is 1. The van der Waals surface area contributed by atoms with Crippen molar-refractivity contribution >= 4 is 23.0 Å². The van der Waals surface area contributed by atoms with Crippen LogP contribution in [0.25, 0.3) is 0 Å². The third kappa shape index (κ3) is 2.59. The molecule has 1 aliphatic heterocycles. The molecule has 2 N–H and O–H groups in total. The second-order valence-electron chi connectivity index (χ2n) is 4.16. The molecule has 10 heteroatoms. The van der Waals surface area contributed by atoms with Gasteiger partial charge in [-0.1, -0.05) is 5.16 Å². The number of nitro benzene ring substituents is 1. The fraction of sp³-hybridized carbons (Fsp3) is 0.182. The van der Waals surface area contributed by atoms with E-state index in [4.69, 9.17) is 4.74 Å². The molecule has 108 valence electrons. The second-order valence-corrected chi connectivity index (χ2v) is 4.16. The van der Waals surface area contributed by atoms with Crippen molar-refractivity contribution in [2.75, 3.05) is 17.2 Å². The minimum absolute atomic E-state index is 0.144. The lowest BCUT2D eigenvalue weighted by Crippen LogP contribution is -2.25. The van der Waals surface area contributed by atoms with Crippen LogP contribution in [0.2, 0.25) is 0 Å². The quantitative estimate of drug-likeness (QED) is 0.627. The number of amides is 1. The summed E-state index contributed by atoms with van der Waals surface area (Å²) in [5, 5.41) is 20.1. The third-order valence-electron chi connectivity index (χ3n) is 2.77. The molecule has 0 aliphatic carbocycles. The molecule has 0 bridgehead atoms. The number of rotatable bonds is 4. The Morgan fingerprint density at radius 3 is 3.05 bits per heavy atom. The lowest BCUT2D eigenvalue weighted by Gasteiger charge is -2.18. The van der Waals surface area contributed by atoms with Crippen LogP contribution >= 0.6 is 0 Å². The van der Waals surface area contributed by atoms with E-state index >= 15 is 0 Å². The van der Waals surface area contributed by atoms with Crippen molar-refractivity contribution < 1.29 is 19.0 Å². The first-order valence-corrected chi connectivity index (χ1v) is 5.87. The van der Waals surface area contributed by atoms with Crippen LogP contribution in [0.1, 0.15) is 5.82 Å². The molecule has 3 rings (SSSR count). The zero-order valence-electron chi connectivity index (χ0n) is 10.5. The van der Waals surface area contributed by atoms with Crippen molar-refractivity contribution in [1.82, 2.24) is 10.1 Å². The van der Waals surface area contributed by atoms with Crippen molar-refractivity contribution in [1.29, 1.82) is 0 Å². The average molecular weight is 291 g/mol. The number of nitro groups is 1. The van der Waals surface area contributed by atoms with Gasteiger partial charge < -0.3 is 19.9 Å². The van der Waals surface area contributed by atoms with Crippen LogP contribution in [0, 0.1) is 10.1 Å². The van der Waals surface area contributed by atoms with Crippen LogP contribution in [-0.4, -0.2) is 27.6 Å². The van der Waals surface area contributed by atoms with Crippen LogP contribution in [0.4, 0.5) is 17.1 Å². The maximum absolute atomic E-state index is 11.3. The molecule has 2 heterocycles. The summed E-state index contributed by atoms with van der Waals surface area (Å²) in [5.41, 5.74) is 0.412. The van der Waals surface area contributed by atoms with Gasteiger partial charge in [0.2, 0.25) is 6.39 Å². The number of benzene rings is 1. The molecule has 1 aliphatic rings. The molecule has 0 saturated heterocycles. The van der Waals surface area contributed by atoms with Gasteiger partial charge in [0.15, 0.2) is 18.2 Å². The number of fused-ring (bicyclic) bond motifs is 1. The van der Waals surface area contributed by atoms with Crippen LogP contribution in [0.5, 0.6) is 5.75 Å². The monoisotopic (exact) mass is 291 g/mol.